The topological polar surface area (TPSA) is 12.2 Å². The van der Waals surface area contributed by atoms with Gasteiger partial charge in [-0.3, -0.25) is 0 Å². The molecule has 0 aliphatic carbocycles. The van der Waals surface area contributed by atoms with E-state index in [2.05, 4.69) is 6.72 Å². The van der Waals surface area contributed by atoms with E-state index in [0.29, 0.717) is 0 Å². The molecule has 0 atom stereocenters. The third kappa shape index (κ3) is 2.28. The number of morpholine rings is 1. The van der Waals surface area contributed by atoms with Crippen molar-refractivity contribution in [1.82, 2.24) is 0 Å². The van der Waals surface area contributed by atoms with E-state index in [4.69, 9.17) is 4.74 Å². The lowest BCUT2D eigenvalue weighted by atomic mass is 10.5. The Kier molecular flexibility index (Phi) is 3.83. The third-order valence-corrected chi connectivity index (χ3v) is 1.10. The van der Waals surface area contributed by atoms with Gasteiger partial charge in [-0.1, -0.05) is 0 Å². The SMILES string of the molecule is C=[N+]1CCOCC1.[Cl-]. The number of nitrogens with zero attached hydrogens (tertiary/aromatic N) is 1. The van der Waals surface area contributed by atoms with E-state index in [1.807, 2.05) is 4.58 Å². The zero-order valence-corrected chi connectivity index (χ0v) is 5.52. The predicted molar refractivity (Wildman–Crippen MR) is 27.9 cm³/mol. The lowest BCUT2D eigenvalue weighted by Crippen LogP contribution is -3.00. The second-order valence-electron chi connectivity index (χ2n) is 1.73. The quantitative estimate of drug-likeness (QED) is 0.318. The summed E-state index contributed by atoms with van der Waals surface area (Å²) in [6.07, 6.45) is 0. The smallest absolute Gasteiger partial charge is 0.165 e. The van der Waals surface area contributed by atoms with Crippen molar-refractivity contribution < 1.29 is 21.7 Å². The Bertz CT molecular complexity index is 76.5. The summed E-state index contributed by atoms with van der Waals surface area (Å²) in [5, 5.41) is 0. The molecule has 0 amide bonds. The van der Waals surface area contributed by atoms with Gasteiger partial charge in [-0.2, -0.15) is 0 Å². The highest BCUT2D eigenvalue weighted by Gasteiger charge is 2.05. The van der Waals surface area contributed by atoms with Crippen molar-refractivity contribution in [1.29, 1.82) is 0 Å². The first-order valence-corrected chi connectivity index (χ1v) is 2.53. The fourth-order valence-electron chi connectivity index (χ4n) is 0.601. The van der Waals surface area contributed by atoms with Crippen molar-refractivity contribution in [2.75, 3.05) is 26.3 Å². The lowest BCUT2D eigenvalue weighted by molar-refractivity contribution is -0.541. The molecule has 1 aliphatic rings. The van der Waals surface area contributed by atoms with Crippen LogP contribution in [0.2, 0.25) is 0 Å². The number of ether oxygens (including phenoxy) is 1. The van der Waals surface area contributed by atoms with E-state index in [1.54, 1.807) is 0 Å². The van der Waals surface area contributed by atoms with Crippen molar-refractivity contribution >= 4 is 6.72 Å². The fourth-order valence-corrected chi connectivity index (χ4v) is 0.601. The van der Waals surface area contributed by atoms with Gasteiger partial charge < -0.3 is 17.1 Å². The Morgan fingerprint density at radius 1 is 1.25 bits per heavy atom. The van der Waals surface area contributed by atoms with Crippen molar-refractivity contribution in [3.63, 3.8) is 0 Å². The van der Waals surface area contributed by atoms with Crippen molar-refractivity contribution in [3.05, 3.63) is 0 Å². The molecule has 0 spiro atoms. The van der Waals surface area contributed by atoms with Gasteiger partial charge in [0.2, 0.25) is 0 Å². The summed E-state index contributed by atoms with van der Waals surface area (Å²) in [6.45, 7) is 7.42. The predicted octanol–water partition coefficient (Wildman–Crippen LogP) is -3.27. The summed E-state index contributed by atoms with van der Waals surface area (Å²) < 4.78 is 7.08. The van der Waals surface area contributed by atoms with Crippen LogP contribution in [-0.4, -0.2) is 37.6 Å². The van der Waals surface area contributed by atoms with Gasteiger partial charge in [0.1, 0.15) is 19.9 Å². The van der Waals surface area contributed by atoms with Gasteiger partial charge in [0, 0.05) is 0 Å². The highest BCUT2D eigenvalue weighted by molar-refractivity contribution is 5.14. The Balaban J connectivity index is 0.000000490. The van der Waals surface area contributed by atoms with E-state index in [9.17, 15) is 0 Å². The maximum absolute atomic E-state index is 5.06. The molecule has 0 aromatic rings. The maximum Gasteiger partial charge on any atom is 0.165 e. The molecule has 0 aromatic carbocycles. The van der Waals surface area contributed by atoms with Crippen molar-refractivity contribution in [3.8, 4) is 0 Å². The average Bonchev–Trinajstić information content (AvgIpc) is 1.69. The second kappa shape index (κ2) is 3.87. The Morgan fingerprint density at radius 3 is 2.00 bits per heavy atom. The van der Waals surface area contributed by atoms with E-state index in [1.165, 1.54) is 0 Å². The number of hydrogen-bond acceptors (Lipinski definition) is 1. The molecule has 1 rings (SSSR count). The molecule has 0 bridgehead atoms. The highest BCUT2D eigenvalue weighted by Crippen LogP contribution is 1.84. The Labute approximate surface area is 55.6 Å². The number of rotatable bonds is 0. The molecule has 0 saturated carbocycles. The van der Waals surface area contributed by atoms with Crippen molar-refractivity contribution in [2.24, 2.45) is 0 Å². The molecule has 0 aromatic heterocycles. The molecule has 0 N–H and O–H groups in total. The van der Waals surface area contributed by atoms with Gasteiger partial charge >= 0.3 is 0 Å². The molecule has 2 nitrogen and oxygen atoms in total. The fraction of sp³-hybridized carbons (Fsp3) is 0.800. The normalized spacial score (nSPS) is 19.8. The minimum atomic E-state index is 0. The minimum Gasteiger partial charge on any atom is -1.00 e. The zero-order chi connectivity index (χ0) is 5.11. The van der Waals surface area contributed by atoms with Gasteiger partial charge in [0.25, 0.3) is 0 Å². The number of hydrogen-bond donors (Lipinski definition) is 0. The second-order valence-corrected chi connectivity index (χ2v) is 1.73. The van der Waals surface area contributed by atoms with E-state index < -0.39 is 0 Å². The molecule has 1 fully saturated rings. The van der Waals surface area contributed by atoms with Crippen LogP contribution >= 0.6 is 0 Å². The van der Waals surface area contributed by atoms with Gasteiger partial charge in [-0.25, -0.2) is 4.58 Å². The van der Waals surface area contributed by atoms with Gasteiger partial charge in [-0.05, 0) is 0 Å². The van der Waals surface area contributed by atoms with Gasteiger partial charge in [0.15, 0.2) is 13.1 Å². The zero-order valence-electron chi connectivity index (χ0n) is 4.77. The van der Waals surface area contributed by atoms with Crippen LogP contribution in [-0.2, 0) is 4.74 Å². The first-order chi connectivity index (χ1) is 3.39. The van der Waals surface area contributed by atoms with Gasteiger partial charge in [-0.15, -0.1) is 0 Å². The first-order valence-electron chi connectivity index (χ1n) is 2.53. The lowest BCUT2D eigenvalue weighted by Gasteiger charge is -2.07. The summed E-state index contributed by atoms with van der Waals surface area (Å²) in [5.74, 6) is 0. The molecule has 1 heterocycles. The minimum absolute atomic E-state index is 0. The van der Waals surface area contributed by atoms with Crippen LogP contribution in [0.5, 0.6) is 0 Å². The molecule has 1 saturated heterocycles. The van der Waals surface area contributed by atoms with E-state index in [0.717, 1.165) is 26.3 Å². The average molecular weight is 136 g/mol. The van der Waals surface area contributed by atoms with Crippen LogP contribution in [0.25, 0.3) is 0 Å². The molecule has 0 radical (unpaired) electrons. The Morgan fingerprint density at radius 2 is 1.75 bits per heavy atom. The van der Waals surface area contributed by atoms with Crippen LogP contribution in [0.15, 0.2) is 0 Å². The van der Waals surface area contributed by atoms with Crippen LogP contribution in [0.4, 0.5) is 0 Å². The van der Waals surface area contributed by atoms with Crippen molar-refractivity contribution in [2.45, 2.75) is 0 Å². The largest absolute Gasteiger partial charge is 1.00 e. The molecular formula is C5H10ClNO. The summed E-state index contributed by atoms with van der Waals surface area (Å²) in [5.41, 5.74) is 0. The highest BCUT2D eigenvalue weighted by atomic mass is 35.5. The Hall–Kier alpha value is -0.0800. The maximum atomic E-state index is 5.06. The molecule has 0 unspecified atom stereocenters. The summed E-state index contributed by atoms with van der Waals surface area (Å²) in [6, 6.07) is 0. The monoisotopic (exact) mass is 135 g/mol. The molecule has 8 heavy (non-hydrogen) atoms. The summed E-state index contributed by atoms with van der Waals surface area (Å²) in [4.78, 5) is 0. The van der Waals surface area contributed by atoms with Crippen LogP contribution < -0.4 is 12.4 Å². The van der Waals surface area contributed by atoms with E-state index >= 15 is 0 Å². The van der Waals surface area contributed by atoms with E-state index in [-0.39, 0.29) is 12.4 Å². The van der Waals surface area contributed by atoms with Gasteiger partial charge in [0.05, 0.1) is 0 Å². The van der Waals surface area contributed by atoms with Crippen LogP contribution in [0.3, 0.4) is 0 Å². The number of halogens is 1. The molecule has 48 valence electrons. The standard InChI is InChI=1S/C5H10NO.ClH/c1-6-2-4-7-5-3-6;/h1-5H2;1H/q+1;/p-1. The summed E-state index contributed by atoms with van der Waals surface area (Å²) in [7, 11) is 0. The molecular weight excluding hydrogens is 126 g/mol. The van der Waals surface area contributed by atoms with Crippen LogP contribution in [0, 0.1) is 0 Å². The first kappa shape index (κ1) is 7.92. The summed E-state index contributed by atoms with van der Waals surface area (Å²) >= 11 is 0. The molecule has 1 aliphatic heterocycles. The molecule has 3 heteroatoms. The van der Waals surface area contributed by atoms with Crippen LogP contribution in [0.1, 0.15) is 0 Å². The third-order valence-electron chi connectivity index (χ3n) is 1.10.